The first-order valence-electron chi connectivity index (χ1n) is 6.85. The summed E-state index contributed by atoms with van der Waals surface area (Å²) in [7, 11) is 2.24. The molecule has 1 atom stereocenters. The summed E-state index contributed by atoms with van der Waals surface area (Å²) in [4.78, 5) is 2.47. The maximum Gasteiger partial charge on any atom is 0.0712 e. The Bertz CT molecular complexity index is 188. The number of nitrogens with one attached hydrogen (secondary N) is 1. The average Bonchev–Trinajstić information content (AvgIpc) is 2.26. The molecule has 1 saturated carbocycles. The van der Waals surface area contributed by atoms with Gasteiger partial charge in [-0.1, -0.05) is 19.3 Å². The molecule has 3 heteroatoms. The monoisotopic (exact) mass is 226 g/mol. The summed E-state index contributed by atoms with van der Waals surface area (Å²) in [6.07, 6.45) is 7.44. The van der Waals surface area contributed by atoms with Crippen molar-refractivity contribution in [2.24, 2.45) is 5.92 Å². The smallest absolute Gasteiger partial charge is 0.0712 e. The number of hydrogen-bond acceptors (Lipinski definition) is 3. The number of nitrogens with zero attached hydrogens (tertiary/aromatic N) is 1. The van der Waals surface area contributed by atoms with Gasteiger partial charge in [0.1, 0.15) is 0 Å². The van der Waals surface area contributed by atoms with Crippen LogP contribution in [0.5, 0.6) is 0 Å². The lowest BCUT2D eigenvalue weighted by atomic mass is 9.83. The Hall–Kier alpha value is -0.120. The zero-order valence-electron chi connectivity index (χ0n) is 10.6. The molecule has 0 aromatic heterocycles. The third-order valence-corrected chi connectivity index (χ3v) is 3.98. The van der Waals surface area contributed by atoms with E-state index in [0.29, 0.717) is 6.10 Å². The van der Waals surface area contributed by atoms with E-state index in [1.54, 1.807) is 0 Å². The van der Waals surface area contributed by atoms with Gasteiger partial charge in [0.2, 0.25) is 0 Å². The highest BCUT2D eigenvalue weighted by Gasteiger charge is 2.18. The molecule has 1 aliphatic heterocycles. The summed E-state index contributed by atoms with van der Waals surface area (Å²) in [5.74, 6) is 1.04. The summed E-state index contributed by atoms with van der Waals surface area (Å²) in [5, 5.41) is 3.38. The summed E-state index contributed by atoms with van der Waals surface area (Å²) in [5.41, 5.74) is 0. The van der Waals surface area contributed by atoms with Gasteiger partial charge in [0, 0.05) is 19.6 Å². The highest BCUT2D eigenvalue weighted by atomic mass is 16.5. The van der Waals surface area contributed by atoms with E-state index in [2.05, 4.69) is 17.3 Å². The molecule has 1 saturated heterocycles. The lowest BCUT2D eigenvalue weighted by Gasteiger charge is -2.29. The van der Waals surface area contributed by atoms with Crippen molar-refractivity contribution in [2.75, 3.05) is 39.8 Å². The van der Waals surface area contributed by atoms with E-state index < -0.39 is 0 Å². The van der Waals surface area contributed by atoms with Gasteiger partial charge >= 0.3 is 0 Å². The van der Waals surface area contributed by atoms with Crippen LogP contribution in [0, 0.1) is 5.92 Å². The van der Waals surface area contributed by atoms with Crippen molar-refractivity contribution in [3.05, 3.63) is 0 Å². The molecule has 1 aliphatic carbocycles. The van der Waals surface area contributed by atoms with Crippen LogP contribution in [0.2, 0.25) is 0 Å². The molecule has 94 valence electrons. The Labute approximate surface area is 99.5 Å². The van der Waals surface area contributed by atoms with Gasteiger partial charge in [-0.2, -0.15) is 0 Å². The number of hydrogen-bond donors (Lipinski definition) is 1. The van der Waals surface area contributed by atoms with Crippen LogP contribution in [-0.2, 0) is 4.74 Å². The van der Waals surface area contributed by atoms with Gasteiger partial charge in [0.05, 0.1) is 12.7 Å². The molecule has 0 aromatic carbocycles. The maximum absolute atomic E-state index is 5.70. The van der Waals surface area contributed by atoms with Crippen LogP contribution in [0.3, 0.4) is 0 Å². The van der Waals surface area contributed by atoms with Crippen molar-refractivity contribution < 1.29 is 4.74 Å². The third-order valence-electron chi connectivity index (χ3n) is 3.98. The number of rotatable bonds is 6. The van der Waals surface area contributed by atoms with Crippen LogP contribution in [0.4, 0.5) is 0 Å². The topological polar surface area (TPSA) is 24.5 Å². The summed E-state index contributed by atoms with van der Waals surface area (Å²) in [6.45, 7) is 5.39. The van der Waals surface area contributed by atoms with Crippen molar-refractivity contribution in [3.8, 4) is 0 Å². The molecule has 3 nitrogen and oxygen atoms in total. The minimum atomic E-state index is 0.444. The van der Waals surface area contributed by atoms with E-state index in [1.165, 1.54) is 45.2 Å². The molecule has 0 radical (unpaired) electrons. The van der Waals surface area contributed by atoms with Gasteiger partial charge in [-0.3, -0.25) is 0 Å². The fraction of sp³-hybridized carbons (Fsp3) is 1.00. The van der Waals surface area contributed by atoms with Crippen LogP contribution in [0.15, 0.2) is 0 Å². The summed E-state index contributed by atoms with van der Waals surface area (Å²) in [6, 6.07) is 0. The summed E-state index contributed by atoms with van der Waals surface area (Å²) < 4.78 is 5.70. The lowest BCUT2D eigenvalue weighted by Crippen LogP contribution is -2.40. The van der Waals surface area contributed by atoms with E-state index in [-0.39, 0.29) is 0 Å². The van der Waals surface area contributed by atoms with E-state index in [0.717, 1.165) is 25.6 Å². The molecular formula is C13H26N2O. The predicted molar refractivity (Wildman–Crippen MR) is 66.7 cm³/mol. The van der Waals surface area contributed by atoms with E-state index in [4.69, 9.17) is 4.74 Å². The van der Waals surface area contributed by atoms with Gasteiger partial charge in [0.25, 0.3) is 0 Å². The molecule has 0 aromatic rings. The van der Waals surface area contributed by atoms with Gasteiger partial charge in [0.15, 0.2) is 0 Å². The summed E-state index contributed by atoms with van der Waals surface area (Å²) >= 11 is 0. The van der Waals surface area contributed by atoms with Gasteiger partial charge in [-0.25, -0.2) is 0 Å². The highest BCUT2D eigenvalue weighted by molar-refractivity contribution is 4.72. The fourth-order valence-corrected chi connectivity index (χ4v) is 2.47. The Morgan fingerprint density at radius 2 is 2.06 bits per heavy atom. The average molecular weight is 226 g/mol. The third kappa shape index (κ3) is 4.04. The Morgan fingerprint density at radius 3 is 2.69 bits per heavy atom. The van der Waals surface area contributed by atoms with Crippen LogP contribution >= 0.6 is 0 Å². The molecule has 16 heavy (non-hydrogen) atoms. The van der Waals surface area contributed by atoms with Crippen molar-refractivity contribution in [3.63, 3.8) is 0 Å². The SMILES string of the molecule is CN(CCC1CCC1)CCC1CNCCO1. The molecule has 0 bridgehead atoms. The standard InChI is InChI=1S/C13H26N2O/c1-15(8-5-12-3-2-4-12)9-6-13-11-14-7-10-16-13/h12-14H,2-11H2,1H3. The quantitative estimate of drug-likeness (QED) is 0.742. The second kappa shape index (κ2) is 6.58. The van der Waals surface area contributed by atoms with Gasteiger partial charge < -0.3 is 15.0 Å². The van der Waals surface area contributed by atoms with Crippen molar-refractivity contribution in [2.45, 2.75) is 38.2 Å². The van der Waals surface area contributed by atoms with E-state index in [1.807, 2.05) is 0 Å². The minimum Gasteiger partial charge on any atom is -0.376 e. The first-order valence-corrected chi connectivity index (χ1v) is 6.85. The Morgan fingerprint density at radius 1 is 1.25 bits per heavy atom. The van der Waals surface area contributed by atoms with Gasteiger partial charge in [-0.05, 0) is 32.4 Å². The number of ether oxygens (including phenoxy) is 1. The molecule has 2 fully saturated rings. The largest absolute Gasteiger partial charge is 0.376 e. The van der Waals surface area contributed by atoms with E-state index in [9.17, 15) is 0 Å². The molecule has 1 N–H and O–H groups in total. The van der Waals surface area contributed by atoms with Crippen molar-refractivity contribution in [1.82, 2.24) is 10.2 Å². The van der Waals surface area contributed by atoms with Crippen LogP contribution in [0.25, 0.3) is 0 Å². The molecule has 0 amide bonds. The molecular weight excluding hydrogens is 200 g/mol. The van der Waals surface area contributed by atoms with Crippen LogP contribution in [-0.4, -0.2) is 50.8 Å². The van der Waals surface area contributed by atoms with Crippen LogP contribution in [0.1, 0.15) is 32.1 Å². The number of morpholine rings is 1. The van der Waals surface area contributed by atoms with Crippen LogP contribution < -0.4 is 5.32 Å². The highest BCUT2D eigenvalue weighted by Crippen LogP contribution is 2.29. The predicted octanol–water partition coefficient (Wildman–Crippen LogP) is 1.49. The Kier molecular flexibility index (Phi) is 5.07. The molecule has 1 heterocycles. The molecule has 2 aliphatic rings. The molecule has 0 spiro atoms. The lowest BCUT2D eigenvalue weighted by molar-refractivity contribution is 0.0184. The first-order chi connectivity index (χ1) is 7.84. The molecule has 2 rings (SSSR count). The van der Waals surface area contributed by atoms with Crippen molar-refractivity contribution in [1.29, 1.82) is 0 Å². The first kappa shape index (κ1) is 12.3. The van der Waals surface area contributed by atoms with Gasteiger partial charge in [-0.15, -0.1) is 0 Å². The fourth-order valence-electron chi connectivity index (χ4n) is 2.47. The minimum absolute atomic E-state index is 0.444. The zero-order valence-corrected chi connectivity index (χ0v) is 10.6. The second-order valence-electron chi connectivity index (χ2n) is 5.37. The maximum atomic E-state index is 5.70. The Balaban J connectivity index is 1.50. The zero-order chi connectivity index (χ0) is 11.2. The second-order valence-corrected chi connectivity index (χ2v) is 5.37. The van der Waals surface area contributed by atoms with E-state index >= 15 is 0 Å². The van der Waals surface area contributed by atoms with Crippen molar-refractivity contribution >= 4 is 0 Å². The molecule has 1 unspecified atom stereocenters. The normalized spacial score (nSPS) is 27.0.